The summed E-state index contributed by atoms with van der Waals surface area (Å²) in [6, 6.07) is 16.8. The molecule has 2 aromatic rings. The maximum absolute atomic E-state index is 6.38. The first-order chi connectivity index (χ1) is 10.2. The van der Waals surface area contributed by atoms with E-state index in [1.165, 1.54) is 16.0 Å². The molecule has 2 nitrogen and oxygen atoms in total. The summed E-state index contributed by atoms with van der Waals surface area (Å²) in [5.74, 6) is 0.883. The van der Waals surface area contributed by atoms with Gasteiger partial charge in [-0.15, -0.1) is 11.8 Å². The summed E-state index contributed by atoms with van der Waals surface area (Å²) < 4.78 is 5.31. The SMILES string of the molecule is CCC(N)C(Sc1cccc(OC)c1)c1ccccc1C. The average molecular weight is 301 g/mol. The van der Waals surface area contributed by atoms with Crippen LogP contribution in [0.2, 0.25) is 0 Å². The van der Waals surface area contributed by atoms with E-state index in [1.807, 2.05) is 23.9 Å². The monoisotopic (exact) mass is 301 g/mol. The summed E-state index contributed by atoms with van der Waals surface area (Å²) in [5, 5.41) is 0.253. The van der Waals surface area contributed by atoms with Gasteiger partial charge < -0.3 is 10.5 Å². The maximum Gasteiger partial charge on any atom is 0.119 e. The molecule has 0 saturated heterocycles. The zero-order valence-electron chi connectivity index (χ0n) is 12.9. The van der Waals surface area contributed by atoms with E-state index in [2.05, 4.69) is 50.2 Å². The Balaban J connectivity index is 2.31. The molecule has 0 fully saturated rings. The topological polar surface area (TPSA) is 35.2 Å². The zero-order chi connectivity index (χ0) is 15.2. The summed E-state index contributed by atoms with van der Waals surface area (Å²) in [6.07, 6.45) is 0.954. The van der Waals surface area contributed by atoms with Gasteiger partial charge in [-0.25, -0.2) is 0 Å². The Labute approximate surface area is 131 Å². The second-order valence-electron chi connectivity index (χ2n) is 5.15. The smallest absolute Gasteiger partial charge is 0.119 e. The summed E-state index contributed by atoms with van der Waals surface area (Å²) in [5.41, 5.74) is 9.00. The van der Waals surface area contributed by atoms with Gasteiger partial charge in [0.1, 0.15) is 5.75 Å². The quantitative estimate of drug-likeness (QED) is 0.794. The van der Waals surface area contributed by atoms with Crippen molar-refractivity contribution in [2.75, 3.05) is 7.11 Å². The molecule has 0 bridgehead atoms. The minimum Gasteiger partial charge on any atom is -0.497 e. The van der Waals surface area contributed by atoms with Crippen LogP contribution in [-0.4, -0.2) is 13.2 Å². The van der Waals surface area contributed by atoms with Gasteiger partial charge >= 0.3 is 0 Å². The van der Waals surface area contributed by atoms with Crippen molar-refractivity contribution in [3.63, 3.8) is 0 Å². The van der Waals surface area contributed by atoms with Crippen molar-refractivity contribution in [2.45, 2.75) is 36.5 Å². The molecule has 0 heterocycles. The molecule has 0 amide bonds. The molecule has 0 aromatic heterocycles. The Morgan fingerprint density at radius 1 is 1.14 bits per heavy atom. The fourth-order valence-electron chi connectivity index (χ4n) is 2.32. The molecule has 21 heavy (non-hydrogen) atoms. The van der Waals surface area contributed by atoms with Crippen molar-refractivity contribution in [3.8, 4) is 5.75 Å². The van der Waals surface area contributed by atoms with E-state index < -0.39 is 0 Å². The number of benzene rings is 2. The van der Waals surface area contributed by atoms with Gasteiger partial charge in [-0.1, -0.05) is 37.3 Å². The number of methoxy groups -OCH3 is 1. The van der Waals surface area contributed by atoms with Gasteiger partial charge in [0.2, 0.25) is 0 Å². The number of nitrogens with two attached hydrogens (primary N) is 1. The Hall–Kier alpha value is -1.45. The molecule has 0 aliphatic heterocycles. The van der Waals surface area contributed by atoms with E-state index in [4.69, 9.17) is 10.5 Å². The van der Waals surface area contributed by atoms with Crippen molar-refractivity contribution in [1.82, 2.24) is 0 Å². The standard InChI is InChI=1S/C18H23NOS/c1-4-17(19)18(16-11-6-5-8-13(16)2)21-15-10-7-9-14(12-15)20-3/h5-12,17-18H,4,19H2,1-3H3. The number of hydrogen-bond donors (Lipinski definition) is 1. The molecule has 0 saturated carbocycles. The average Bonchev–Trinajstić information content (AvgIpc) is 2.53. The summed E-state index contributed by atoms with van der Waals surface area (Å²) >= 11 is 1.81. The first kappa shape index (κ1) is 15.9. The third kappa shape index (κ3) is 4.02. The number of aryl methyl sites for hydroxylation is 1. The fourth-order valence-corrected chi connectivity index (χ4v) is 3.72. The van der Waals surface area contributed by atoms with Crippen LogP contribution in [0.1, 0.15) is 29.7 Å². The van der Waals surface area contributed by atoms with Crippen molar-refractivity contribution < 1.29 is 4.74 Å². The van der Waals surface area contributed by atoms with Crippen LogP contribution in [0.5, 0.6) is 5.75 Å². The highest BCUT2D eigenvalue weighted by atomic mass is 32.2. The molecule has 2 atom stereocenters. The molecule has 0 radical (unpaired) electrons. The highest BCUT2D eigenvalue weighted by Gasteiger charge is 2.21. The molecule has 2 unspecified atom stereocenters. The van der Waals surface area contributed by atoms with E-state index in [0.717, 1.165) is 12.2 Å². The Morgan fingerprint density at radius 2 is 1.90 bits per heavy atom. The highest BCUT2D eigenvalue weighted by Crippen LogP contribution is 2.40. The van der Waals surface area contributed by atoms with Crippen LogP contribution >= 0.6 is 11.8 Å². The second kappa shape index (κ2) is 7.53. The minimum atomic E-state index is 0.127. The predicted octanol–water partition coefficient (Wildman–Crippen LogP) is 4.57. The third-order valence-corrected chi connectivity index (χ3v) is 5.04. The molecular weight excluding hydrogens is 278 g/mol. The van der Waals surface area contributed by atoms with Crippen LogP contribution in [0.3, 0.4) is 0 Å². The van der Waals surface area contributed by atoms with Crippen LogP contribution in [0.4, 0.5) is 0 Å². The first-order valence-electron chi connectivity index (χ1n) is 7.27. The Morgan fingerprint density at radius 3 is 2.57 bits per heavy atom. The van der Waals surface area contributed by atoms with Crippen LogP contribution in [0, 0.1) is 6.92 Å². The Bertz CT molecular complexity index is 585. The van der Waals surface area contributed by atoms with Crippen molar-refractivity contribution in [3.05, 3.63) is 59.7 Å². The minimum absolute atomic E-state index is 0.127. The maximum atomic E-state index is 6.38. The lowest BCUT2D eigenvalue weighted by Crippen LogP contribution is -2.26. The molecule has 3 heteroatoms. The van der Waals surface area contributed by atoms with Gasteiger partial charge in [-0.05, 0) is 42.7 Å². The third-order valence-electron chi connectivity index (χ3n) is 3.66. The number of rotatable bonds is 6. The largest absolute Gasteiger partial charge is 0.497 e. The van der Waals surface area contributed by atoms with Gasteiger partial charge in [0, 0.05) is 16.2 Å². The van der Waals surface area contributed by atoms with Gasteiger partial charge in [0.05, 0.1) is 7.11 Å². The lowest BCUT2D eigenvalue weighted by molar-refractivity contribution is 0.413. The molecule has 0 aliphatic rings. The van der Waals surface area contributed by atoms with Crippen LogP contribution < -0.4 is 10.5 Å². The molecule has 2 rings (SSSR count). The zero-order valence-corrected chi connectivity index (χ0v) is 13.7. The molecule has 2 N–H and O–H groups in total. The first-order valence-corrected chi connectivity index (χ1v) is 8.15. The van der Waals surface area contributed by atoms with E-state index in [-0.39, 0.29) is 11.3 Å². The second-order valence-corrected chi connectivity index (χ2v) is 6.36. The molecule has 0 aliphatic carbocycles. The summed E-state index contributed by atoms with van der Waals surface area (Å²) in [6.45, 7) is 4.29. The molecular formula is C18H23NOS. The van der Waals surface area contributed by atoms with E-state index in [1.54, 1.807) is 7.11 Å². The van der Waals surface area contributed by atoms with E-state index >= 15 is 0 Å². The van der Waals surface area contributed by atoms with Crippen molar-refractivity contribution >= 4 is 11.8 Å². The predicted molar refractivity (Wildman–Crippen MR) is 91.0 cm³/mol. The Kier molecular flexibility index (Phi) is 5.71. The highest BCUT2D eigenvalue weighted by molar-refractivity contribution is 7.99. The van der Waals surface area contributed by atoms with Gasteiger partial charge in [0.15, 0.2) is 0 Å². The van der Waals surface area contributed by atoms with Crippen molar-refractivity contribution in [2.24, 2.45) is 5.73 Å². The molecule has 112 valence electrons. The molecule has 0 spiro atoms. The fraction of sp³-hybridized carbons (Fsp3) is 0.333. The molecule has 2 aromatic carbocycles. The van der Waals surface area contributed by atoms with Gasteiger partial charge in [-0.2, -0.15) is 0 Å². The number of ether oxygens (including phenoxy) is 1. The summed E-state index contributed by atoms with van der Waals surface area (Å²) in [4.78, 5) is 1.19. The number of thioether (sulfide) groups is 1. The van der Waals surface area contributed by atoms with E-state index in [0.29, 0.717) is 0 Å². The van der Waals surface area contributed by atoms with Crippen LogP contribution in [0.25, 0.3) is 0 Å². The van der Waals surface area contributed by atoms with Gasteiger partial charge in [0.25, 0.3) is 0 Å². The summed E-state index contributed by atoms with van der Waals surface area (Å²) in [7, 11) is 1.69. The number of hydrogen-bond acceptors (Lipinski definition) is 3. The van der Waals surface area contributed by atoms with Crippen molar-refractivity contribution in [1.29, 1.82) is 0 Å². The lowest BCUT2D eigenvalue weighted by Gasteiger charge is -2.24. The van der Waals surface area contributed by atoms with Crippen LogP contribution in [-0.2, 0) is 0 Å². The normalized spacial score (nSPS) is 13.7. The van der Waals surface area contributed by atoms with Crippen LogP contribution in [0.15, 0.2) is 53.4 Å². The lowest BCUT2D eigenvalue weighted by atomic mass is 10.00. The van der Waals surface area contributed by atoms with E-state index in [9.17, 15) is 0 Å². The van der Waals surface area contributed by atoms with Gasteiger partial charge in [-0.3, -0.25) is 0 Å².